The number of esters is 1. The predicted molar refractivity (Wildman–Crippen MR) is 209 cm³/mol. The number of nitrogens with zero attached hydrogens (tertiary/aromatic N) is 1. The molecular formula is C41H62N4O13. The molecule has 8 atom stereocenters. The zero-order valence-electron chi connectivity index (χ0n) is 34.8. The van der Waals surface area contributed by atoms with E-state index in [-0.39, 0.29) is 67.8 Å². The maximum atomic E-state index is 13.3. The number of hydrogen-bond acceptors (Lipinski definition) is 12. The minimum Gasteiger partial charge on any atom is -0.479 e. The Bertz CT molecular complexity index is 1660. The number of carboxylic acids is 1. The van der Waals surface area contributed by atoms with Crippen molar-refractivity contribution in [1.29, 1.82) is 0 Å². The molecule has 2 heterocycles. The third-order valence-electron chi connectivity index (χ3n) is 10.5. The summed E-state index contributed by atoms with van der Waals surface area (Å²) in [4.78, 5) is 89.7. The highest BCUT2D eigenvalue weighted by molar-refractivity contribution is 6.03. The van der Waals surface area contributed by atoms with Crippen LogP contribution in [0.3, 0.4) is 0 Å². The maximum absolute atomic E-state index is 13.3. The van der Waals surface area contributed by atoms with Crippen LogP contribution in [0.25, 0.3) is 0 Å². The Hall–Kier alpha value is -4.45. The van der Waals surface area contributed by atoms with Gasteiger partial charge in [-0.25, -0.2) is 4.79 Å². The number of carbonyl (C=O) groups excluding carboxylic acids is 6. The first-order valence-electron chi connectivity index (χ1n) is 20.0. The number of imide groups is 1. The zero-order valence-corrected chi connectivity index (χ0v) is 34.8. The van der Waals surface area contributed by atoms with Crippen molar-refractivity contribution in [3.63, 3.8) is 0 Å². The number of carbonyl (C=O) groups is 7. The molecule has 0 radical (unpaired) electrons. The molecule has 324 valence electrons. The molecule has 1 aromatic carbocycles. The largest absolute Gasteiger partial charge is 0.479 e. The highest BCUT2D eigenvalue weighted by Gasteiger charge is 2.46. The van der Waals surface area contributed by atoms with Gasteiger partial charge in [0.15, 0.2) is 6.10 Å². The molecule has 0 saturated carbocycles. The summed E-state index contributed by atoms with van der Waals surface area (Å²) in [5.41, 5.74) is 0.611. The molecular weight excluding hydrogens is 756 g/mol. The van der Waals surface area contributed by atoms with E-state index in [1.165, 1.54) is 11.8 Å². The lowest BCUT2D eigenvalue weighted by atomic mass is 9.91. The van der Waals surface area contributed by atoms with Crippen molar-refractivity contribution < 1.29 is 63.5 Å². The number of aliphatic hydroxyl groups excluding tert-OH is 3. The molecule has 58 heavy (non-hydrogen) atoms. The second-order valence-corrected chi connectivity index (χ2v) is 17.0. The predicted octanol–water partition coefficient (Wildman–Crippen LogP) is 1.82. The van der Waals surface area contributed by atoms with E-state index in [0.29, 0.717) is 42.6 Å². The molecule has 7 N–H and O–H groups in total. The van der Waals surface area contributed by atoms with E-state index < -0.39 is 71.8 Å². The van der Waals surface area contributed by atoms with Gasteiger partial charge in [0.2, 0.25) is 29.5 Å². The molecule has 5 amide bonds. The highest BCUT2D eigenvalue weighted by atomic mass is 16.6. The highest BCUT2D eigenvalue weighted by Crippen LogP contribution is 2.28. The fourth-order valence-electron chi connectivity index (χ4n) is 6.72. The molecule has 0 aromatic heterocycles. The van der Waals surface area contributed by atoms with Crippen molar-refractivity contribution in [2.75, 3.05) is 11.9 Å². The van der Waals surface area contributed by atoms with Crippen molar-refractivity contribution in [3.05, 3.63) is 29.3 Å². The molecule has 0 bridgehead atoms. The average molecular weight is 819 g/mol. The molecule has 2 fully saturated rings. The summed E-state index contributed by atoms with van der Waals surface area (Å²) in [6.07, 6.45) is -6.04. The summed E-state index contributed by atoms with van der Waals surface area (Å²) in [5, 5.41) is 48.5. The van der Waals surface area contributed by atoms with Crippen LogP contribution in [0.2, 0.25) is 0 Å². The van der Waals surface area contributed by atoms with E-state index >= 15 is 0 Å². The van der Waals surface area contributed by atoms with Gasteiger partial charge in [0.1, 0.15) is 37.0 Å². The van der Waals surface area contributed by atoms with Gasteiger partial charge in [-0.1, -0.05) is 40.2 Å². The van der Waals surface area contributed by atoms with Crippen LogP contribution in [0, 0.1) is 23.2 Å². The maximum Gasteiger partial charge on any atom is 0.335 e. The molecule has 1 aromatic rings. The number of carboxylic acid groups (broad SMARTS) is 1. The molecule has 2 saturated heterocycles. The van der Waals surface area contributed by atoms with E-state index in [9.17, 15) is 54.0 Å². The first-order valence-corrected chi connectivity index (χ1v) is 20.0. The molecule has 17 heteroatoms. The minimum atomic E-state index is -1.84. The standard InChI is InChI=1S/C41H62N4O13/c1-21(2)27-19-30(47)45(38(27)53)17-11-9-10-12-29(46)44-31(22(3)4)37(52)42-23(5)36(51)43-26-15-13-25(20-57-40(56)41(6,7)8)24(18-26)14-16-28-32(48)33(49)34(50)35(58-28)39(54)55/h13,15,18,21-23,27-28,31-35,48-50H,9-12,14,16-17,19-20H2,1-8H3,(H,42,52)(H,43,51)(H,44,46)(H,54,55)/t23-,27?,28-,31-,32-,33+,34-,35-/m0/s1. The van der Waals surface area contributed by atoms with Crippen molar-refractivity contribution in [2.45, 2.75) is 150 Å². The fraction of sp³-hybridized carbons (Fsp3) is 0.683. The van der Waals surface area contributed by atoms with Crippen LogP contribution >= 0.6 is 0 Å². The number of aliphatic carboxylic acids is 1. The van der Waals surface area contributed by atoms with Gasteiger partial charge in [0, 0.05) is 31.0 Å². The van der Waals surface area contributed by atoms with Crippen LogP contribution in [-0.4, -0.2) is 116 Å². The molecule has 2 aliphatic rings. The Kier molecular flexibility index (Phi) is 17.3. The second kappa shape index (κ2) is 21.0. The smallest absolute Gasteiger partial charge is 0.335 e. The summed E-state index contributed by atoms with van der Waals surface area (Å²) >= 11 is 0. The van der Waals surface area contributed by atoms with Gasteiger partial charge in [-0.15, -0.1) is 0 Å². The topological polar surface area (TPSA) is 258 Å². The third-order valence-corrected chi connectivity index (χ3v) is 10.5. The van der Waals surface area contributed by atoms with Crippen molar-refractivity contribution in [2.24, 2.45) is 23.2 Å². The molecule has 0 aliphatic carbocycles. The summed E-state index contributed by atoms with van der Waals surface area (Å²) in [7, 11) is 0. The first kappa shape index (κ1) is 47.9. The number of benzene rings is 1. The summed E-state index contributed by atoms with van der Waals surface area (Å²) in [6, 6.07) is 2.82. The Labute approximate surface area is 339 Å². The summed E-state index contributed by atoms with van der Waals surface area (Å²) in [6.45, 7) is 14.1. The number of rotatable bonds is 19. The fourth-order valence-corrected chi connectivity index (χ4v) is 6.72. The van der Waals surface area contributed by atoms with E-state index in [4.69, 9.17) is 9.47 Å². The molecule has 1 unspecified atom stereocenters. The Balaban J connectivity index is 1.60. The van der Waals surface area contributed by atoms with E-state index in [0.717, 1.165) is 0 Å². The summed E-state index contributed by atoms with van der Waals surface area (Å²) < 4.78 is 10.9. The van der Waals surface area contributed by atoms with Gasteiger partial charge in [0.05, 0.1) is 11.5 Å². The van der Waals surface area contributed by atoms with Gasteiger partial charge in [0.25, 0.3) is 0 Å². The molecule has 0 spiro atoms. The molecule has 2 aliphatic heterocycles. The van der Waals surface area contributed by atoms with Crippen molar-refractivity contribution in [3.8, 4) is 0 Å². The monoisotopic (exact) mass is 818 g/mol. The van der Waals surface area contributed by atoms with E-state index in [1.54, 1.807) is 52.8 Å². The van der Waals surface area contributed by atoms with Gasteiger partial charge in [-0.2, -0.15) is 0 Å². The molecule has 17 nitrogen and oxygen atoms in total. The van der Waals surface area contributed by atoms with Gasteiger partial charge in [-0.3, -0.25) is 33.7 Å². The number of anilines is 1. The first-order chi connectivity index (χ1) is 27.0. The number of likely N-dealkylation sites (tertiary alicyclic amines) is 1. The van der Waals surface area contributed by atoms with Crippen molar-refractivity contribution in [1.82, 2.24) is 15.5 Å². The number of amides is 5. The SMILES string of the molecule is CC(C)C1CC(=O)N(CCCCCC(=O)N[C@H](C(=O)N[C@@H](C)C(=O)Nc2ccc(COC(=O)C(C)(C)C)c(CC[C@@H]3O[C@H](C(=O)O)[C@@H](O)[C@H](O)[C@H]3O)c2)C(C)C)C1=O. The number of nitrogens with one attached hydrogen (secondary N) is 3. The molecule has 3 rings (SSSR count). The normalized spacial score (nSPS) is 23.4. The summed E-state index contributed by atoms with van der Waals surface area (Å²) in [5.74, 6) is -4.30. The van der Waals surface area contributed by atoms with Crippen LogP contribution < -0.4 is 16.0 Å². The minimum absolute atomic E-state index is 0.0133. The van der Waals surface area contributed by atoms with E-state index in [1.807, 2.05) is 13.8 Å². The van der Waals surface area contributed by atoms with Gasteiger partial charge < -0.3 is 45.9 Å². The average Bonchev–Trinajstić information content (AvgIpc) is 3.43. The lowest BCUT2D eigenvalue weighted by molar-refractivity contribution is -0.228. The van der Waals surface area contributed by atoms with Crippen LogP contribution in [-0.2, 0) is 56.1 Å². The third kappa shape index (κ3) is 13.0. The van der Waals surface area contributed by atoms with Crippen LogP contribution in [0.1, 0.15) is 105 Å². The lowest BCUT2D eigenvalue weighted by Gasteiger charge is -2.39. The number of aliphatic hydroxyl groups is 3. The van der Waals surface area contributed by atoms with E-state index in [2.05, 4.69) is 16.0 Å². The lowest BCUT2D eigenvalue weighted by Crippen LogP contribution is -2.59. The van der Waals surface area contributed by atoms with Gasteiger partial charge in [-0.05, 0) is 88.5 Å². The number of aryl methyl sites for hydroxylation is 1. The van der Waals surface area contributed by atoms with Crippen LogP contribution in [0.5, 0.6) is 0 Å². The second-order valence-electron chi connectivity index (χ2n) is 17.0. The van der Waals surface area contributed by atoms with Crippen LogP contribution in [0.4, 0.5) is 5.69 Å². The number of hydrogen-bond donors (Lipinski definition) is 7. The number of unbranched alkanes of at least 4 members (excludes halogenated alkanes) is 2. The number of ether oxygens (including phenoxy) is 2. The Morgan fingerprint density at radius 2 is 1.57 bits per heavy atom. The van der Waals surface area contributed by atoms with Crippen LogP contribution in [0.15, 0.2) is 18.2 Å². The quantitative estimate of drug-likeness (QED) is 0.0598. The Morgan fingerprint density at radius 3 is 2.16 bits per heavy atom. The Morgan fingerprint density at radius 1 is 0.897 bits per heavy atom. The zero-order chi connectivity index (χ0) is 43.6. The van der Waals surface area contributed by atoms with Gasteiger partial charge >= 0.3 is 11.9 Å². The van der Waals surface area contributed by atoms with Crippen molar-refractivity contribution >= 4 is 47.2 Å².